The van der Waals surface area contributed by atoms with Crippen molar-refractivity contribution in [1.29, 1.82) is 0 Å². The lowest BCUT2D eigenvalue weighted by atomic mass is 10.0. The van der Waals surface area contributed by atoms with E-state index in [1.807, 2.05) is 0 Å². The van der Waals surface area contributed by atoms with Crippen LogP contribution in [0, 0.1) is 5.95 Å². The third-order valence-electron chi connectivity index (χ3n) is 3.43. The highest BCUT2D eigenvalue weighted by Gasteiger charge is 2.37. The van der Waals surface area contributed by atoms with Crippen LogP contribution in [0.25, 0.3) is 0 Å². The van der Waals surface area contributed by atoms with E-state index in [0.717, 1.165) is 4.90 Å². The maximum atomic E-state index is 13.6. The zero-order valence-corrected chi connectivity index (χ0v) is 10.8. The average molecular weight is 290 g/mol. The van der Waals surface area contributed by atoms with Crippen molar-refractivity contribution in [3.05, 3.63) is 47.6 Å². The standard InChI is InChI=1S/C13H11FN4O3/c14-11-7(2-1-3-15-11)12(19)18-5-9-8(16-6-17-9)4-10(18)13(20)21/h1-3,6,10H,4-5H2,(H,16,17)(H,20,21). The molecular formula is C13H11FN4O3. The van der Waals surface area contributed by atoms with Gasteiger partial charge in [0.15, 0.2) is 0 Å². The largest absolute Gasteiger partial charge is 0.480 e. The van der Waals surface area contributed by atoms with Crippen LogP contribution < -0.4 is 0 Å². The minimum atomic E-state index is -1.15. The van der Waals surface area contributed by atoms with Gasteiger partial charge in [-0.3, -0.25) is 4.79 Å². The topological polar surface area (TPSA) is 99.2 Å². The Hall–Kier alpha value is -2.77. The summed E-state index contributed by atoms with van der Waals surface area (Å²) in [5.41, 5.74) is 1.02. The van der Waals surface area contributed by atoms with Gasteiger partial charge in [-0.15, -0.1) is 0 Å². The second kappa shape index (κ2) is 4.97. The van der Waals surface area contributed by atoms with Gasteiger partial charge in [-0.25, -0.2) is 14.8 Å². The third-order valence-corrected chi connectivity index (χ3v) is 3.43. The summed E-state index contributed by atoms with van der Waals surface area (Å²) in [6.45, 7) is 0.0411. The molecule has 2 N–H and O–H groups in total. The molecule has 1 aliphatic rings. The van der Waals surface area contributed by atoms with E-state index in [1.165, 1.54) is 24.7 Å². The Kier molecular flexibility index (Phi) is 3.13. The van der Waals surface area contributed by atoms with Gasteiger partial charge in [-0.1, -0.05) is 0 Å². The summed E-state index contributed by atoms with van der Waals surface area (Å²) in [5.74, 6) is -2.77. The molecule has 1 aliphatic heterocycles. The first-order valence-corrected chi connectivity index (χ1v) is 6.23. The lowest BCUT2D eigenvalue weighted by Crippen LogP contribution is -2.49. The summed E-state index contributed by atoms with van der Waals surface area (Å²) in [6, 6.07) is 1.64. The van der Waals surface area contributed by atoms with Crippen molar-refractivity contribution in [1.82, 2.24) is 19.9 Å². The van der Waals surface area contributed by atoms with E-state index in [2.05, 4.69) is 15.0 Å². The van der Waals surface area contributed by atoms with Gasteiger partial charge < -0.3 is 15.0 Å². The van der Waals surface area contributed by atoms with Crippen LogP contribution in [-0.4, -0.2) is 42.9 Å². The predicted molar refractivity (Wildman–Crippen MR) is 67.8 cm³/mol. The number of fused-ring (bicyclic) bond motifs is 1. The number of halogens is 1. The molecule has 0 radical (unpaired) electrons. The first kappa shape index (κ1) is 13.2. The van der Waals surface area contributed by atoms with Crippen molar-refractivity contribution in [2.45, 2.75) is 19.0 Å². The number of pyridine rings is 1. The Morgan fingerprint density at radius 2 is 2.24 bits per heavy atom. The van der Waals surface area contributed by atoms with Crippen LogP contribution >= 0.6 is 0 Å². The molecule has 3 heterocycles. The summed E-state index contributed by atoms with van der Waals surface area (Å²) in [7, 11) is 0. The van der Waals surface area contributed by atoms with Gasteiger partial charge in [-0.2, -0.15) is 4.39 Å². The lowest BCUT2D eigenvalue weighted by Gasteiger charge is -2.32. The summed E-state index contributed by atoms with van der Waals surface area (Å²) in [5, 5.41) is 9.30. The van der Waals surface area contributed by atoms with E-state index in [-0.39, 0.29) is 18.5 Å². The summed E-state index contributed by atoms with van der Waals surface area (Å²) in [6.07, 6.45) is 2.76. The summed E-state index contributed by atoms with van der Waals surface area (Å²) in [4.78, 5) is 35.2. The Bertz CT molecular complexity index is 715. The number of H-pyrrole nitrogens is 1. The molecular weight excluding hydrogens is 279 g/mol. The van der Waals surface area contributed by atoms with Gasteiger partial charge >= 0.3 is 5.97 Å². The quantitative estimate of drug-likeness (QED) is 0.789. The van der Waals surface area contributed by atoms with Gasteiger partial charge in [0.05, 0.1) is 29.8 Å². The van der Waals surface area contributed by atoms with Crippen LogP contribution in [0.1, 0.15) is 21.7 Å². The number of carboxylic acid groups (broad SMARTS) is 1. The number of carboxylic acids is 1. The Morgan fingerprint density at radius 3 is 2.95 bits per heavy atom. The second-order valence-corrected chi connectivity index (χ2v) is 4.66. The number of imidazole rings is 1. The molecule has 8 heteroatoms. The van der Waals surface area contributed by atoms with E-state index in [4.69, 9.17) is 0 Å². The first-order chi connectivity index (χ1) is 10.1. The van der Waals surface area contributed by atoms with Crippen LogP contribution in [0.5, 0.6) is 0 Å². The number of hydrogen-bond donors (Lipinski definition) is 2. The van der Waals surface area contributed by atoms with Crippen molar-refractivity contribution < 1.29 is 19.1 Å². The van der Waals surface area contributed by atoms with E-state index in [1.54, 1.807) is 0 Å². The number of rotatable bonds is 2. The molecule has 7 nitrogen and oxygen atoms in total. The Morgan fingerprint density at radius 1 is 1.43 bits per heavy atom. The molecule has 1 atom stereocenters. The number of aromatic nitrogens is 3. The summed E-state index contributed by atoms with van der Waals surface area (Å²) >= 11 is 0. The monoisotopic (exact) mass is 290 g/mol. The molecule has 0 spiro atoms. The number of carbonyl (C=O) groups excluding carboxylic acids is 1. The van der Waals surface area contributed by atoms with Crippen molar-refractivity contribution in [2.24, 2.45) is 0 Å². The maximum absolute atomic E-state index is 13.6. The van der Waals surface area contributed by atoms with Gasteiger partial charge in [-0.05, 0) is 12.1 Å². The van der Waals surface area contributed by atoms with Gasteiger partial charge in [0.25, 0.3) is 5.91 Å². The zero-order chi connectivity index (χ0) is 15.0. The molecule has 0 aromatic carbocycles. The Labute approximate surface area is 118 Å². The molecule has 1 unspecified atom stereocenters. The van der Waals surface area contributed by atoms with E-state index in [0.29, 0.717) is 11.4 Å². The van der Waals surface area contributed by atoms with Crippen molar-refractivity contribution in [2.75, 3.05) is 0 Å². The number of amides is 1. The van der Waals surface area contributed by atoms with Crippen LogP contribution in [0.4, 0.5) is 4.39 Å². The smallest absolute Gasteiger partial charge is 0.326 e. The molecule has 0 bridgehead atoms. The number of aromatic amines is 1. The van der Waals surface area contributed by atoms with E-state index >= 15 is 0 Å². The molecule has 3 rings (SSSR count). The van der Waals surface area contributed by atoms with Crippen molar-refractivity contribution >= 4 is 11.9 Å². The molecule has 21 heavy (non-hydrogen) atoms. The fourth-order valence-corrected chi connectivity index (χ4v) is 2.37. The SMILES string of the molecule is O=C(O)C1Cc2nc[nH]c2CN1C(=O)c1cccnc1F. The van der Waals surface area contributed by atoms with Crippen LogP contribution in [-0.2, 0) is 17.8 Å². The molecule has 0 aliphatic carbocycles. The second-order valence-electron chi connectivity index (χ2n) is 4.66. The number of nitrogens with zero attached hydrogens (tertiary/aromatic N) is 3. The minimum absolute atomic E-state index is 0.0411. The summed E-state index contributed by atoms with van der Waals surface area (Å²) < 4.78 is 13.6. The van der Waals surface area contributed by atoms with Crippen molar-refractivity contribution in [3.63, 3.8) is 0 Å². The van der Waals surface area contributed by atoms with Gasteiger partial charge in [0, 0.05) is 12.6 Å². The zero-order valence-electron chi connectivity index (χ0n) is 10.8. The van der Waals surface area contributed by atoms with Crippen LogP contribution in [0.2, 0.25) is 0 Å². The highest BCUT2D eigenvalue weighted by molar-refractivity contribution is 5.96. The van der Waals surface area contributed by atoms with E-state index < -0.39 is 23.9 Å². The maximum Gasteiger partial charge on any atom is 0.326 e. The fourth-order valence-electron chi connectivity index (χ4n) is 2.37. The molecule has 108 valence electrons. The lowest BCUT2D eigenvalue weighted by molar-refractivity contribution is -0.142. The average Bonchev–Trinajstić information content (AvgIpc) is 2.93. The number of hydrogen-bond acceptors (Lipinski definition) is 4. The van der Waals surface area contributed by atoms with Crippen LogP contribution in [0.15, 0.2) is 24.7 Å². The van der Waals surface area contributed by atoms with E-state index in [9.17, 15) is 19.1 Å². The van der Waals surface area contributed by atoms with Crippen LogP contribution in [0.3, 0.4) is 0 Å². The van der Waals surface area contributed by atoms with Crippen molar-refractivity contribution in [3.8, 4) is 0 Å². The highest BCUT2D eigenvalue weighted by atomic mass is 19.1. The predicted octanol–water partition coefficient (Wildman–Crippen LogP) is 0.595. The molecule has 0 saturated carbocycles. The minimum Gasteiger partial charge on any atom is -0.480 e. The molecule has 2 aromatic rings. The first-order valence-electron chi connectivity index (χ1n) is 6.23. The highest BCUT2D eigenvalue weighted by Crippen LogP contribution is 2.23. The number of aliphatic carboxylic acids is 1. The molecule has 0 saturated heterocycles. The third kappa shape index (κ3) is 2.24. The molecule has 0 fully saturated rings. The number of carbonyl (C=O) groups is 2. The fraction of sp³-hybridized carbons (Fsp3) is 0.231. The molecule has 2 aromatic heterocycles. The van der Waals surface area contributed by atoms with Gasteiger partial charge in [0.2, 0.25) is 5.95 Å². The molecule has 1 amide bonds. The van der Waals surface area contributed by atoms with Gasteiger partial charge in [0.1, 0.15) is 6.04 Å². The Balaban J connectivity index is 1.98. The normalized spacial score (nSPS) is 17.4. The number of nitrogens with one attached hydrogen (secondary N) is 1.